The summed E-state index contributed by atoms with van der Waals surface area (Å²) < 4.78 is 11.0. The van der Waals surface area contributed by atoms with Crippen molar-refractivity contribution in [3.8, 4) is 5.75 Å². The lowest BCUT2D eigenvalue weighted by atomic mass is 9.86. The van der Waals surface area contributed by atoms with Crippen LogP contribution in [0.3, 0.4) is 0 Å². The van der Waals surface area contributed by atoms with Crippen LogP contribution in [0.25, 0.3) is 0 Å². The van der Waals surface area contributed by atoms with E-state index in [4.69, 9.17) is 9.47 Å². The number of benzene rings is 2. The highest BCUT2D eigenvalue weighted by Crippen LogP contribution is 2.23. The van der Waals surface area contributed by atoms with Crippen LogP contribution in [-0.2, 0) is 24.4 Å². The van der Waals surface area contributed by atoms with Crippen molar-refractivity contribution in [2.45, 2.75) is 40.4 Å². The minimum atomic E-state index is -0.101. The maximum absolute atomic E-state index is 9.45. The topological polar surface area (TPSA) is 38.7 Å². The van der Waals surface area contributed by atoms with Gasteiger partial charge in [-0.25, -0.2) is 0 Å². The average Bonchev–Trinajstić information content (AvgIpc) is 2.58. The van der Waals surface area contributed by atoms with Crippen LogP contribution in [0.4, 0.5) is 0 Å². The predicted octanol–water partition coefficient (Wildman–Crippen LogP) is 4.28. The van der Waals surface area contributed by atoms with Gasteiger partial charge in [0.25, 0.3) is 0 Å². The van der Waals surface area contributed by atoms with Crippen LogP contribution in [0.2, 0.25) is 0 Å². The molecule has 3 heteroatoms. The van der Waals surface area contributed by atoms with Crippen molar-refractivity contribution in [3.63, 3.8) is 0 Å². The van der Waals surface area contributed by atoms with Crippen LogP contribution in [0, 0.1) is 12.3 Å². The molecular formula is C21H28O3. The molecule has 0 aliphatic heterocycles. The Labute approximate surface area is 145 Å². The van der Waals surface area contributed by atoms with Crippen LogP contribution in [0.5, 0.6) is 5.75 Å². The quantitative estimate of drug-likeness (QED) is 0.786. The molecule has 0 aromatic heterocycles. The average molecular weight is 328 g/mol. The second-order valence-electron chi connectivity index (χ2n) is 7.10. The van der Waals surface area contributed by atoms with Crippen molar-refractivity contribution in [2.75, 3.05) is 13.7 Å². The summed E-state index contributed by atoms with van der Waals surface area (Å²) in [4.78, 5) is 0. The Kier molecular flexibility index (Phi) is 6.41. The van der Waals surface area contributed by atoms with E-state index in [0.717, 1.165) is 17.7 Å². The van der Waals surface area contributed by atoms with Crippen LogP contribution < -0.4 is 4.74 Å². The first kappa shape index (κ1) is 18.5. The summed E-state index contributed by atoms with van der Waals surface area (Å²) >= 11 is 0. The molecule has 0 bridgehead atoms. The number of methoxy groups -OCH3 is 1. The molecule has 2 aromatic carbocycles. The second kappa shape index (κ2) is 8.32. The third-order valence-corrected chi connectivity index (χ3v) is 4.21. The summed E-state index contributed by atoms with van der Waals surface area (Å²) in [6.07, 6.45) is 0.856. The van der Waals surface area contributed by atoms with E-state index in [1.807, 2.05) is 24.3 Å². The van der Waals surface area contributed by atoms with Crippen molar-refractivity contribution in [2.24, 2.45) is 5.41 Å². The maximum atomic E-state index is 9.45. The van der Waals surface area contributed by atoms with Gasteiger partial charge in [0, 0.05) is 6.61 Å². The van der Waals surface area contributed by atoms with Gasteiger partial charge in [0.05, 0.1) is 20.3 Å². The van der Waals surface area contributed by atoms with Crippen molar-refractivity contribution >= 4 is 0 Å². The predicted molar refractivity (Wildman–Crippen MR) is 97.2 cm³/mol. The summed E-state index contributed by atoms with van der Waals surface area (Å²) in [5.41, 5.74) is 4.70. The van der Waals surface area contributed by atoms with E-state index < -0.39 is 0 Å². The van der Waals surface area contributed by atoms with Crippen molar-refractivity contribution in [3.05, 3.63) is 64.7 Å². The standard InChI is InChI=1S/C21H28O3/c1-16-5-6-18(12-21(2,3)15-22)11-19(16)14-24-13-17-7-9-20(23-4)10-8-17/h5-11,22H,12-15H2,1-4H3. The number of hydrogen-bond acceptors (Lipinski definition) is 3. The number of hydrogen-bond donors (Lipinski definition) is 1. The normalized spacial score (nSPS) is 11.5. The van der Waals surface area contributed by atoms with Gasteiger partial charge in [-0.05, 0) is 53.1 Å². The van der Waals surface area contributed by atoms with E-state index in [-0.39, 0.29) is 12.0 Å². The van der Waals surface area contributed by atoms with Crippen molar-refractivity contribution in [1.29, 1.82) is 0 Å². The molecule has 0 aliphatic carbocycles. The molecule has 2 rings (SSSR count). The Morgan fingerprint density at radius 3 is 2.25 bits per heavy atom. The zero-order valence-corrected chi connectivity index (χ0v) is 15.1. The van der Waals surface area contributed by atoms with E-state index in [9.17, 15) is 5.11 Å². The number of ether oxygens (including phenoxy) is 2. The number of aryl methyl sites for hydroxylation is 1. The Balaban J connectivity index is 1.96. The zero-order chi connectivity index (χ0) is 17.6. The lowest BCUT2D eigenvalue weighted by molar-refractivity contribution is 0.106. The fourth-order valence-electron chi connectivity index (χ4n) is 2.60. The summed E-state index contributed by atoms with van der Waals surface area (Å²) in [7, 11) is 1.67. The SMILES string of the molecule is COc1ccc(COCc2cc(CC(C)(C)CO)ccc2C)cc1. The summed E-state index contributed by atoms with van der Waals surface area (Å²) in [6, 6.07) is 14.4. The first-order valence-corrected chi connectivity index (χ1v) is 8.33. The highest BCUT2D eigenvalue weighted by molar-refractivity contribution is 5.31. The molecule has 0 saturated carbocycles. The molecule has 0 unspecified atom stereocenters. The van der Waals surface area contributed by atoms with Crippen molar-refractivity contribution in [1.82, 2.24) is 0 Å². The maximum Gasteiger partial charge on any atom is 0.118 e. The Hall–Kier alpha value is -1.84. The van der Waals surface area contributed by atoms with Gasteiger partial charge in [-0.2, -0.15) is 0 Å². The molecule has 1 N–H and O–H groups in total. The van der Waals surface area contributed by atoms with Crippen LogP contribution in [0.1, 0.15) is 36.1 Å². The van der Waals surface area contributed by atoms with Gasteiger partial charge in [-0.3, -0.25) is 0 Å². The lowest BCUT2D eigenvalue weighted by Crippen LogP contribution is -2.19. The molecule has 0 spiro atoms. The van der Waals surface area contributed by atoms with Gasteiger partial charge >= 0.3 is 0 Å². The first-order chi connectivity index (χ1) is 11.4. The smallest absolute Gasteiger partial charge is 0.118 e. The fourth-order valence-corrected chi connectivity index (χ4v) is 2.60. The molecule has 24 heavy (non-hydrogen) atoms. The molecule has 130 valence electrons. The minimum absolute atomic E-state index is 0.101. The molecule has 0 aliphatic rings. The van der Waals surface area contributed by atoms with Gasteiger partial charge in [-0.1, -0.05) is 44.2 Å². The van der Waals surface area contributed by atoms with Crippen LogP contribution in [-0.4, -0.2) is 18.8 Å². The Bertz CT molecular complexity index is 645. The molecule has 0 amide bonds. The zero-order valence-electron chi connectivity index (χ0n) is 15.1. The minimum Gasteiger partial charge on any atom is -0.497 e. The molecule has 2 aromatic rings. The third-order valence-electron chi connectivity index (χ3n) is 4.21. The number of aliphatic hydroxyl groups is 1. The molecule has 3 nitrogen and oxygen atoms in total. The highest BCUT2D eigenvalue weighted by Gasteiger charge is 2.17. The van der Waals surface area contributed by atoms with Crippen molar-refractivity contribution < 1.29 is 14.6 Å². The first-order valence-electron chi connectivity index (χ1n) is 8.33. The molecular weight excluding hydrogens is 300 g/mol. The van der Waals surface area contributed by atoms with E-state index in [1.165, 1.54) is 16.7 Å². The Morgan fingerprint density at radius 2 is 1.62 bits per heavy atom. The van der Waals surface area contributed by atoms with Gasteiger partial charge in [0.2, 0.25) is 0 Å². The van der Waals surface area contributed by atoms with E-state index in [0.29, 0.717) is 13.2 Å². The van der Waals surface area contributed by atoms with E-state index in [1.54, 1.807) is 7.11 Å². The molecule has 0 radical (unpaired) electrons. The van der Waals surface area contributed by atoms with Gasteiger partial charge in [0.15, 0.2) is 0 Å². The monoisotopic (exact) mass is 328 g/mol. The molecule has 0 fully saturated rings. The highest BCUT2D eigenvalue weighted by atomic mass is 16.5. The van der Waals surface area contributed by atoms with Gasteiger partial charge < -0.3 is 14.6 Å². The molecule has 0 atom stereocenters. The number of rotatable bonds is 8. The summed E-state index contributed by atoms with van der Waals surface area (Å²) in [6.45, 7) is 7.61. The molecule has 0 heterocycles. The van der Waals surface area contributed by atoms with Gasteiger partial charge in [0.1, 0.15) is 5.75 Å². The lowest BCUT2D eigenvalue weighted by Gasteiger charge is -2.22. The van der Waals surface area contributed by atoms with Crippen LogP contribution >= 0.6 is 0 Å². The fraction of sp³-hybridized carbons (Fsp3) is 0.429. The summed E-state index contributed by atoms with van der Waals surface area (Å²) in [5.74, 6) is 0.855. The molecule has 0 saturated heterocycles. The largest absolute Gasteiger partial charge is 0.497 e. The Morgan fingerprint density at radius 1 is 0.958 bits per heavy atom. The van der Waals surface area contributed by atoms with E-state index >= 15 is 0 Å². The number of aliphatic hydroxyl groups excluding tert-OH is 1. The van der Waals surface area contributed by atoms with Crippen LogP contribution in [0.15, 0.2) is 42.5 Å². The third kappa shape index (κ3) is 5.36. The second-order valence-corrected chi connectivity index (χ2v) is 7.10. The van der Waals surface area contributed by atoms with E-state index in [2.05, 4.69) is 39.0 Å². The summed E-state index contributed by atoms with van der Waals surface area (Å²) in [5, 5.41) is 9.45. The van der Waals surface area contributed by atoms with Gasteiger partial charge in [-0.15, -0.1) is 0 Å².